The summed E-state index contributed by atoms with van der Waals surface area (Å²) in [6.45, 7) is 2.01. The van der Waals surface area contributed by atoms with E-state index in [2.05, 4.69) is 4.98 Å². The minimum Gasteiger partial charge on any atom is -0.496 e. The highest BCUT2D eigenvalue weighted by molar-refractivity contribution is 6.29. The topological polar surface area (TPSA) is 48.1 Å². The lowest BCUT2D eigenvalue weighted by Crippen LogP contribution is -2.10. The SMILES string of the molecule is CC[C@@H](N)c1cnc(Cl)cc1OC. The molecule has 0 aliphatic carbocycles. The van der Waals surface area contributed by atoms with E-state index in [1.54, 1.807) is 19.4 Å². The van der Waals surface area contributed by atoms with Crippen LogP contribution in [-0.4, -0.2) is 12.1 Å². The Morgan fingerprint density at radius 2 is 2.38 bits per heavy atom. The summed E-state index contributed by atoms with van der Waals surface area (Å²) in [5.41, 5.74) is 6.76. The maximum Gasteiger partial charge on any atom is 0.132 e. The van der Waals surface area contributed by atoms with E-state index in [0.717, 1.165) is 12.0 Å². The van der Waals surface area contributed by atoms with Crippen molar-refractivity contribution in [3.63, 3.8) is 0 Å². The van der Waals surface area contributed by atoms with Crippen molar-refractivity contribution in [3.8, 4) is 5.75 Å². The van der Waals surface area contributed by atoms with Gasteiger partial charge in [0.2, 0.25) is 0 Å². The van der Waals surface area contributed by atoms with Gasteiger partial charge in [0, 0.05) is 23.9 Å². The van der Waals surface area contributed by atoms with Crippen LogP contribution in [0.25, 0.3) is 0 Å². The fraction of sp³-hybridized carbons (Fsp3) is 0.444. The van der Waals surface area contributed by atoms with Gasteiger partial charge in [-0.05, 0) is 6.42 Å². The second-order valence-corrected chi connectivity index (χ2v) is 3.15. The Balaban J connectivity index is 3.05. The fourth-order valence-electron chi connectivity index (χ4n) is 1.10. The monoisotopic (exact) mass is 200 g/mol. The van der Waals surface area contributed by atoms with Crippen LogP contribution in [0.3, 0.4) is 0 Å². The molecule has 1 aromatic heterocycles. The molecule has 1 atom stereocenters. The van der Waals surface area contributed by atoms with E-state index in [9.17, 15) is 0 Å². The molecule has 2 N–H and O–H groups in total. The Labute approximate surface area is 82.9 Å². The molecular weight excluding hydrogens is 188 g/mol. The predicted molar refractivity (Wildman–Crippen MR) is 53.0 cm³/mol. The van der Waals surface area contributed by atoms with Crippen LogP contribution in [0.1, 0.15) is 24.9 Å². The lowest BCUT2D eigenvalue weighted by Gasteiger charge is -2.13. The van der Waals surface area contributed by atoms with Crippen LogP contribution in [-0.2, 0) is 0 Å². The number of hydrogen-bond donors (Lipinski definition) is 1. The van der Waals surface area contributed by atoms with Gasteiger partial charge in [-0.15, -0.1) is 0 Å². The van der Waals surface area contributed by atoms with Gasteiger partial charge < -0.3 is 10.5 Å². The van der Waals surface area contributed by atoms with Gasteiger partial charge in [-0.25, -0.2) is 4.98 Å². The summed E-state index contributed by atoms with van der Waals surface area (Å²) >= 11 is 5.71. The Morgan fingerprint density at radius 1 is 1.69 bits per heavy atom. The average molecular weight is 201 g/mol. The van der Waals surface area contributed by atoms with Gasteiger partial charge in [0.05, 0.1) is 7.11 Å². The molecule has 0 unspecified atom stereocenters. The third-order valence-corrected chi connectivity index (χ3v) is 2.13. The molecule has 0 aliphatic heterocycles. The van der Waals surface area contributed by atoms with Crippen molar-refractivity contribution in [3.05, 3.63) is 23.0 Å². The Hall–Kier alpha value is -0.800. The molecule has 13 heavy (non-hydrogen) atoms. The first-order chi connectivity index (χ1) is 6.19. The molecule has 0 bridgehead atoms. The second-order valence-electron chi connectivity index (χ2n) is 2.76. The lowest BCUT2D eigenvalue weighted by molar-refractivity contribution is 0.404. The van der Waals surface area contributed by atoms with Gasteiger partial charge >= 0.3 is 0 Å². The summed E-state index contributed by atoms with van der Waals surface area (Å²) in [5.74, 6) is 0.703. The molecule has 0 amide bonds. The highest BCUT2D eigenvalue weighted by Gasteiger charge is 2.10. The number of hydrogen-bond acceptors (Lipinski definition) is 3. The van der Waals surface area contributed by atoms with Crippen molar-refractivity contribution < 1.29 is 4.74 Å². The third-order valence-electron chi connectivity index (χ3n) is 1.92. The zero-order chi connectivity index (χ0) is 9.84. The minimum atomic E-state index is -0.0419. The first kappa shape index (κ1) is 10.3. The van der Waals surface area contributed by atoms with Crippen LogP contribution >= 0.6 is 11.6 Å². The summed E-state index contributed by atoms with van der Waals surface area (Å²) in [6, 6.07) is 1.63. The number of pyridine rings is 1. The predicted octanol–water partition coefficient (Wildman–Crippen LogP) is 2.15. The first-order valence-electron chi connectivity index (χ1n) is 4.14. The molecule has 0 saturated carbocycles. The normalized spacial score (nSPS) is 12.6. The molecule has 72 valence electrons. The summed E-state index contributed by atoms with van der Waals surface area (Å²) in [7, 11) is 1.59. The highest BCUT2D eigenvalue weighted by atomic mass is 35.5. The molecule has 0 fully saturated rings. The van der Waals surface area contributed by atoms with E-state index in [-0.39, 0.29) is 6.04 Å². The van der Waals surface area contributed by atoms with Gasteiger partial charge in [0.25, 0.3) is 0 Å². The third kappa shape index (κ3) is 2.32. The number of halogens is 1. The Bertz CT molecular complexity index is 291. The molecule has 0 aliphatic rings. The standard InChI is InChI=1S/C9H13ClN2O/c1-3-7(11)6-5-12-9(10)4-8(6)13-2/h4-5,7H,3,11H2,1-2H3/t7-/m1/s1. The Morgan fingerprint density at radius 3 is 2.92 bits per heavy atom. The molecule has 1 rings (SSSR count). The quantitative estimate of drug-likeness (QED) is 0.761. The van der Waals surface area contributed by atoms with Crippen molar-refractivity contribution in [1.82, 2.24) is 4.98 Å². The van der Waals surface area contributed by atoms with Crippen molar-refractivity contribution in [2.45, 2.75) is 19.4 Å². The summed E-state index contributed by atoms with van der Waals surface area (Å²) in [5, 5.41) is 0.420. The summed E-state index contributed by atoms with van der Waals surface area (Å²) in [6.07, 6.45) is 2.51. The van der Waals surface area contributed by atoms with Crippen LogP contribution in [0.5, 0.6) is 5.75 Å². The maximum atomic E-state index is 5.86. The smallest absolute Gasteiger partial charge is 0.132 e. The fourth-order valence-corrected chi connectivity index (χ4v) is 1.25. The zero-order valence-electron chi connectivity index (χ0n) is 7.75. The number of nitrogens with zero attached hydrogens (tertiary/aromatic N) is 1. The number of aromatic nitrogens is 1. The largest absolute Gasteiger partial charge is 0.496 e. The first-order valence-corrected chi connectivity index (χ1v) is 4.51. The van der Waals surface area contributed by atoms with Gasteiger partial charge in [-0.2, -0.15) is 0 Å². The number of rotatable bonds is 3. The van der Waals surface area contributed by atoms with Crippen LogP contribution in [0.4, 0.5) is 0 Å². The molecule has 0 aromatic carbocycles. The van der Waals surface area contributed by atoms with Crippen molar-refractivity contribution in [2.24, 2.45) is 5.73 Å². The molecule has 1 heterocycles. The molecule has 0 spiro atoms. The summed E-state index contributed by atoms with van der Waals surface area (Å²) < 4.78 is 5.14. The zero-order valence-corrected chi connectivity index (χ0v) is 8.51. The van der Waals surface area contributed by atoms with Gasteiger partial charge in [0.15, 0.2) is 0 Å². The van der Waals surface area contributed by atoms with E-state index in [0.29, 0.717) is 10.9 Å². The number of nitrogens with two attached hydrogens (primary N) is 1. The summed E-state index contributed by atoms with van der Waals surface area (Å²) in [4.78, 5) is 3.96. The van der Waals surface area contributed by atoms with Gasteiger partial charge in [-0.3, -0.25) is 0 Å². The second kappa shape index (κ2) is 4.44. The van der Waals surface area contributed by atoms with Crippen LogP contribution < -0.4 is 10.5 Å². The maximum absolute atomic E-state index is 5.86. The molecule has 3 nitrogen and oxygen atoms in total. The van der Waals surface area contributed by atoms with Crippen molar-refractivity contribution >= 4 is 11.6 Å². The highest BCUT2D eigenvalue weighted by Crippen LogP contribution is 2.26. The molecule has 0 saturated heterocycles. The molecule has 0 radical (unpaired) electrons. The van der Waals surface area contributed by atoms with Crippen molar-refractivity contribution in [1.29, 1.82) is 0 Å². The molecule has 4 heteroatoms. The number of methoxy groups -OCH3 is 1. The van der Waals surface area contributed by atoms with Crippen LogP contribution in [0.15, 0.2) is 12.3 Å². The van der Waals surface area contributed by atoms with Crippen LogP contribution in [0.2, 0.25) is 5.15 Å². The molecular formula is C9H13ClN2O. The van der Waals surface area contributed by atoms with Crippen molar-refractivity contribution in [2.75, 3.05) is 7.11 Å². The molecule has 1 aromatic rings. The van der Waals surface area contributed by atoms with Gasteiger partial charge in [0.1, 0.15) is 10.9 Å². The minimum absolute atomic E-state index is 0.0419. The average Bonchev–Trinajstić information content (AvgIpc) is 2.16. The van der Waals surface area contributed by atoms with E-state index in [1.165, 1.54) is 0 Å². The van der Waals surface area contributed by atoms with E-state index in [1.807, 2.05) is 6.92 Å². The lowest BCUT2D eigenvalue weighted by atomic mass is 10.1. The number of ether oxygens (including phenoxy) is 1. The van der Waals surface area contributed by atoms with E-state index < -0.39 is 0 Å². The Kier molecular flexibility index (Phi) is 3.51. The van der Waals surface area contributed by atoms with E-state index in [4.69, 9.17) is 22.1 Å². The van der Waals surface area contributed by atoms with Crippen LogP contribution in [0, 0.1) is 0 Å². The van der Waals surface area contributed by atoms with E-state index >= 15 is 0 Å². The van der Waals surface area contributed by atoms with Gasteiger partial charge in [-0.1, -0.05) is 18.5 Å².